The number of carbonyl (C=O) groups excluding carboxylic acids is 1. The molecule has 0 radical (unpaired) electrons. The molecule has 1 aliphatic heterocycles. The average molecular weight is 1320 g/mol. The summed E-state index contributed by atoms with van der Waals surface area (Å²) < 4.78 is 105. The van der Waals surface area contributed by atoms with Crippen LogP contribution < -0.4 is 10.6 Å². The molecule has 4 rings (SSSR count). The highest BCUT2D eigenvalue weighted by Gasteiger charge is 2.20. The lowest BCUT2D eigenvalue weighted by atomic mass is 10.1. The van der Waals surface area contributed by atoms with Gasteiger partial charge in [0.2, 0.25) is 5.91 Å². The maximum absolute atomic E-state index is 13.5. The summed E-state index contributed by atoms with van der Waals surface area (Å²) in [4.78, 5) is 43.5. The van der Waals surface area contributed by atoms with Crippen LogP contribution >= 0.6 is 0 Å². The first kappa shape index (κ1) is 80.3. The molecule has 2 aromatic heterocycles. The Bertz CT molecular complexity index is 2220. The molecule has 0 saturated carbocycles. The summed E-state index contributed by atoms with van der Waals surface area (Å²) in [6.07, 6.45) is 3.23. The van der Waals surface area contributed by atoms with E-state index in [2.05, 4.69) is 38.8 Å². The largest absolute Gasteiger partial charge is 0.481 e. The van der Waals surface area contributed by atoms with Gasteiger partial charge >= 0.3 is 5.97 Å². The smallest absolute Gasteiger partial charge is 0.305 e. The van der Waals surface area contributed by atoms with Gasteiger partial charge in [-0.2, -0.15) is 0 Å². The van der Waals surface area contributed by atoms with Crippen molar-refractivity contribution in [2.24, 2.45) is 0 Å². The zero-order valence-electron chi connectivity index (χ0n) is 55.2. The second-order valence-corrected chi connectivity index (χ2v) is 20.8. The van der Waals surface area contributed by atoms with E-state index >= 15 is 0 Å². The molecular formula is C63H111N7O22. The van der Waals surface area contributed by atoms with E-state index in [1.54, 1.807) is 12.0 Å². The molecule has 0 spiro atoms. The normalized spacial score (nSPS) is 13.0. The number of piperazine rings is 1. The van der Waals surface area contributed by atoms with Gasteiger partial charge in [0, 0.05) is 70.4 Å². The zero-order chi connectivity index (χ0) is 65.3. The van der Waals surface area contributed by atoms with E-state index in [1.165, 1.54) is 0 Å². The second-order valence-electron chi connectivity index (χ2n) is 20.8. The standard InChI is InChI=1S/C63H111N7O22/c1-3-4-5-58-66-61-56-54-55(6-7-57(56)65-63(64)62(61)67-58)69-12-10-68(11-13-69)14-19-77-20-15-70(16-21-78-26-29-82-34-37-86-42-45-90-50-48-89-44-41-85-36-33-81-28-25-76-18-9-60(72)73)59(71)8-17-75-24-27-80-32-35-84-40-43-88-49-51-92-53-52-91-47-46-87-39-38-83-31-30-79-23-22-74-2/h6-7,54H,3-5,8-53H2,1-2H3,(H2,64,65)(H,66,67)(H,72,73). The number of ether oxygens (including phenoxy) is 19. The quantitative estimate of drug-likeness (QED) is 0.0684. The number of fused-ring (bicyclic) bond motifs is 3. The van der Waals surface area contributed by atoms with Crippen LogP contribution in [0.1, 0.15) is 38.4 Å². The maximum atomic E-state index is 13.5. The minimum atomic E-state index is -0.886. The van der Waals surface area contributed by atoms with Gasteiger partial charge in [-0.3, -0.25) is 14.5 Å². The number of aliphatic carboxylic acids is 1. The van der Waals surface area contributed by atoms with E-state index in [9.17, 15) is 9.59 Å². The van der Waals surface area contributed by atoms with E-state index in [4.69, 9.17) is 106 Å². The number of nitrogens with zero attached hydrogens (tertiary/aromatic N) is 5. The molecule has 3 aromatic rings. The predicted octanol–water partition coefficient (Wildman–Crippen LogP) is 2.80. The van der Waals surface area contributed by atoms with Crippen LogP contribution in [0.5, 0.6) is 0 Å². The predicted molar refractivity (Wildman–Crippen MR) is 343 cm³/mol. The lowest BCUT2D eigenvalue weighted by Crippen LogP contribution is -2.47. The monoisotopic (exact) mass is 1320 g/mol. The minimum Gasteiger partial charge on any atom is -0.481 e. The van der Waals surface area contributed by atoms with Crippen molar-refractivity contribution >= 4 is 45.3 Å². The summed E-state index contributed by atoms with van der Waals surface area (Å²) in [6, 6.07) is 6.35. The molecule has 530 valence electrons. The van der Waals surface area contributed by atoms with Crippen molar-refractivity contribution in [1.29, 1.82) is 0 Å². The molecule has 92 heavy (non-hydrogen) atoms. The Morgan fingerprint density at radius 3 is 1.25 bits per heavy atom. The van der Waals surface area contributed by atoms with E-state index in [1.807, 2.05) is 6.07 Å². The number of nitrogens with two attached hydrogens (primary N) is 1. The lowest BCUT2D eigenvalue weighted by molar-refractivity contribution is -0.138. The SMILES string of the molecule is CCCCc1nc2c([nH]1)c(N)nc1ccc(N3CCN(CCOCCN(CCOCCOCCOCCOCCOCCOCCOCCOCCC(=O)O)C(=O)CCOCCOCCOCCOCCOCCOCCOCCOCCOCCOC)CC3)cc12. The number of unbranched alkanes of at least 4 members (excludes halogenated alkanes) is 1. The summed E-state index contributed by atoms with van der Waals surface area (Å²) in [5.41, 5.74) is 10.0. The number of hydrogen-bond acceptors (Lipinski definition) is 26. The Morgan fingerprint density at radius 1 is 0.489 bits per heavy atom. The van der Waals surface area contributed by atoms with Crippen molar-refractivity contribution in [3.8, 4) is 0 Å². The van der Waals surface area contributed by atoms with Gasteiger partial charge in [0.05, 0.1) is 263 Å². The Morgan fingerprint density at radius 2 is 0.859 bits per heavy atom. The van der Waals surface area contributed by atoms with Crippen LogP contribution in [0.15, 0.2) is 18.2 Å². The van der Waals surface area contributed by atoms with Crippen molar-refractivity contribution in [3.05, 3.63) is 24.0 Å². The van der Waals surface area contributed by atoms with E-state index < -0.39 is 5.97 Å². The Hall–Kier alpha value is -4.16. The van der Waals surface area contributed by atoms with Gasteiger partial charge in [-0.1, -0.05) is 13.3 Å². The van der Waals surface area contributed by atoms with Gasteiger partial charge in [-0.15, -0.1) is 0 Å². The fourth-order valence-electron chi connectivity index (χ4n) is 8.82. The van der Waals surface area contributed by atoms with Crippen molar-refractivity contribution < 1.29 is 105 Å². The molecular weight excluding hydrogens is 1210 g/mol. The molecule has 29 nitrogen and oxygen atoms in total. The number of aromatic amines is 1. The molecule has 1 aliphatic rings. The van der Waals surface area contributed by atoms with Crippen molar-refractivity contribution in [3.63, 3.8) is 0 Å². The molecule has 0 bridgehead atoms. The number of nitrogens with one attached hydrogen (secondary N) is 1. The van der Waals surface area contributed by atoms with Crippen LogP contribution in [-0.2, 0) is 106 Å². The first-order valence-electron chi connectivity index (χ1n) is 32.8. The van der Waals surface area contributed by atoms with Crippen LogP contribution in [0.3, 0.4) is 0 Å². The van der Waals surface area contributed by atoms with E-state index in [-0.39, 0.29) is 32.0 Å². The number of anilines is 2. The number of carboxylic acid groups (broad SMARTS) is 1. The summed E-state index contributed by atoms with van der Waals surface area (Å²) in [5.74, 6) is 0.490. The number of aryl methyl sites for hydroxylation is 1. The first-order valence-corrected chi connectivity index (χ1v) is 32.8. The number of carbonyl (C=O) groups is 2. The molecule has 4 N–H and O–H groups in total. The van der Waals surface area contributed by atoms with Gasteiger partial charge in [-0.25, -0.2) is 9.97 Å². The molecule has 0 atom stereocenters. The van der Waals surface area contributed by atoms with Gasteiger partial charge in [0.25, 0.3) is 0 Å². The summed E-state index contributed by atoms with van der Waals surface area (Å²) in [6.45, 7) is 23.5. The number of methoxy groups -OCH3 is 1. The minimum absolute atomic E-state index is 0.0199. The molecule has 1 aromatic carbocycles. The molecule has 1 fully saturated rings. The molecule has 0 aliphatic carbocycles. The fourth-order valence-corrected chi connectivity index (χ4v) is 8.82. The third kappa shape index (κ3) is 40.9. The number of pyridine rings is 1. The highest BCUT2D eigenvalue weighted by Crippen LogP contribution is 2.30. The number of benzene rings is 1. The zero-order valence-corrected chi connectivity index (χ0v) is 55.2. The van der Waals surface area contributed by atoms with Crippen molar-refractivity contribution in [2.75, 3.05) is 308 Å². The lowest BCUT2D eigenvalue weighted by Gasteiger charge is -2.36. The number of nitrogen functional groups attached to an aromatic ring is 1. The van der Waals surface area contributed by atoms with E-state index in [0.29, 0.717) is 250 Å². The Labute approximate surface area is 544 Å². The average Bonchev–Trinajstić information content (AvgIpc) is 1.54. The van der Waals surface area contributed by atoms with Crippen LogP contribution in [0.4, 0.5) is 11.5 Å². The van der Waals surface area contributed by atoms with Crippen LogP contribution in [0.2, 0.25) is 0 Å². The molecule has 29 heteroatoms. The molecule has 1 saturated heterocycles. The summed E-state index contributed by atoms with van der Waals surface area (Å²) in [5, 5.41) is 9.59. The molecule has 1 amide bonds. The fraction of sp³-hybridized carbons (Fsp3) is 0.810. The molecule has 3 heterocycles. The first-order chi connectivity index (χ1) is 45.4. The van der Waals surface area contributed by atoms with E-state index in [0.717, 1.165) is 85.4 Å². The van der Waals surface area contributed by atoms with Gasteiger partial charge < -0.3 is 116 Å². The topological polar surface area (TPSA) is 307 Å². The van der Waals surface area contributed by atoms with Gasteiger partial charge in [0.1, 0.15) is 22.7 Å². The third-order valence-electron chi connectivity index (χ3n) is 13.8. The number of hydrogen-bond donors (Lipinski definition) is 3. The highest BCUT2D eigenvalue weighted by molar-refractivity contribution is 6.07. The van der Waals surface area contributed by atoms with Gasteiger partial charge in [0.15, 0.2) is 0 Å². The van der Waals surface area contributed by atoms with Crippen molar-refractivity contribution in [1.82, 2.24) is 24.8 Å². The van der Waals surface area contributed by atoms with Crippen molar-refractivity contribution in [2.45, 2.75) is 39.0 Å². The molecule has 0 unspecified atom stereocenters. The number of carboxylic acids is 1. The summed E-state index contributed by atoms with van der Waals surface area (Å²) >= 11 is 0. The van der Waals surface area contributed by atoms with Crippen LogP contribution in [0, 0.1) is 0 Å². The number of imidazole rings is 1. The number of rotatable bonds is 67. The number of amides is 1. The van der Waals surface area contributed by atoms with Crippen LogP contribution in [-0.4, -0.2) is 339 Å². The Kier molecular flexibility index (Phi) is 49.8. The van der Waals surface area contributed by atoms with Gasteiger partial charge in [-0.05, 0) is 24.6 Å². The third-order valence-corrected chi connectivity index (χ3v) is 13.8. The Balaban J connectivity index is 0.999. The number of aromatic nitrogens is 3. The van der Waals surface area contributed by atoms with Crippen LogP contribution in [0.25, 0.3) is 21.9 Å². The highest BCUT2D eigenvalue weighted by atomic mass is 16.6. The number of H-pyrrole nitrogens is 1. The second kappa shape index (κ2) is 57.1. The summed E-state index contributed by atoms with van der Waals surface area (Å²) in [7, 11) is 1.64. The maximum Gasteiger partial charge on any atom is 0.305 e.